The third-order valence-corrected chi connectivity index (χ3v) is 1.70. The molecule has 4 heteroatoms. The van der Waals surface area contributed by atoms with Gasteiger partial charge in [-0.05, 0) is 12.8 Å². The lowest BCUT2D eigenvalue weighted by Crippen LogP contribution is -2.41. The number of urea groups is 1. The second-order valence-corrected chi connectivity index (χ2v) is 2.37. The zero-order valence-corrected chi connectivity index (χ0v) is 6.00. The molecular weight excluding hydrogens is 132 g/mol. The molecule has 0 saturated carbocycles. The smallest absolute Gasteiger partial charge is 0.319 e. The Labute approximate surface area is 59.8 Å². The summed E-state index contributed by atoms with van der Waals surface area (Å²) < 4.78 is 0. The average Bonchev–Trinajstić information content (AvgIpc) is 2.34. The molecule has 2 N–H and O–H groups in total. The Kier molecular flexibility index (Phi) is 2.11. The van der Waals surface area contributed by atoms with Gasteiger partial charge in [0.25, 0.3) is 0 Å². The number of carbonyl (C=O) groups excluding carboxylic acids is 1. The fourth-order valence-electron chi connectivity index (χ4n) is 1.13. The first-order valence-electron chi connectivity index (χ1n) is 3.42. The van der Waals surface area contributed by atoms with Crippen LogP contribution in [0.15, 0.2) is 0 Å². The van der Waals surface area contributed by atoms with Crippen molar-refractivity contribution in [1.82, 2.24) is 10.2 Å². The minimum atomic E-state index is -0.569. The first kappa shape index (κ1) is 7.34. The number of amides is 2. The highest BCUT2D eigenvalue weighted by Crippen LogP contribution is 2.13. The van der Waals surface area contributed by atoms with Gasteiger partial charge in [-0.2, -0.15) is 0 Å². The molecule has 1 heterocycles. The van der Waals surface area contributed by atoms with E-state index in [0.29, 0.717) is 13.0 Å². The number of hydrogen-bond donors (Lipinski definition) is 2. The summed E-state index contributed by atoms with van der Waals surface area (Å²) in [7, 11) is 1.56. The minimum absolute atomic E-state index is 0.190. The predicted molar refractivity (Wildman–Crippen MR) is 36.4 cm³/mol. The van der Waals surface area contributed by atoms with Crippen molar-refractivity contribution in [3.63, 3.8) is 0 Å². The first-order valence-corrected chi connectivity index (χ1v) is 3.42. The summed E-state index contributed by atoms with van der Waals surface area (Å²) in [6.45, 7) is 0.668. The molecule has 1 fully saturated rings. The van der Waals surface area contributed by atoms with Gasteiger partial charge >= 0.3 is 6.03 Å². The maximum Gasteiger partial charge on any atom is 0.319 e. The molecule has 10 heavy (non-hydrogen) atoms. The van der Waals surface area contributed by atoms with E-state index in [-0.39, 0.29) is 6.03 Å². The molecule has 2 amide bonds. The first-order chi connectivity index (χ1) is 4.75. The van der Waals surface area contributed by atoms with Crippen molar-refractivity contribution in [2.24, 2.45) is 0 Å². The van der Waals surface area contributed by atoms with Crippen LogP contribution in [0.2, 0.25) is 0 Å². The zero-order valence-electron chi connectivity index (χ0n) is 6.00. The Balaban J connectivity index is 2.46. The van der Waals surface area contributed by atoms with Crippen LogP contribution in [0.1, 0.15) is 12.8 Å². The SMILES string of the molecule is CNC(=O)N1CCCC1O. The van der Waals surface area contributed by atoms with Crippen LogP contribution in [-0.2, 0) is 0 Å². The van der Waals surface area contributed by atoms with E-state index in [9.17, 15) is 4.79 Å². The normalized spacial score (nSPS) is 25.0. The van der Waals surface area contributed by atoms with Crippen LogP contribution in [0.25, 0.3) is 0 Å². The number of rotatable bonds is 0. The summed E-state index contributed by atoms with van der Waals surface area (Å²) in [5, 5.41) is 11.6. The highest BCUT2D eigenvalue weighted by Gasteiger charge is 2.25. The molecular formula is C6H12N2O2. The van der Waals surface area contributed by atoms with Crippen molar-refractivity contribution in [2.75, 3.05) is 13.6 Å². The van der Waals surface area contributed by atoms with Gasteiger partial charge in [0.1, 0.15) is 6.23 Å². The molecule has 1 unspecified atom stereocenters. The number of likely N-dealkylation sites (tertiary alicyclic amines) is 1. The van der Waals surface area contributed by atoms with Gasteiger partial charge in [0.2, 0.25) is 0 Å². The maximum absolute atomic E-state index is 10.9. The van der Waals surface area contributed by atoms with Crippen molar-refractivity contribution < 1.29 is 9.90 Å². The highest BCUT2D eigenvalue weighted by atomic mass is 16.3. The molecule has 0 spiro atoms. The van der Waals surface area contributed by atoms with Crippen LogP contribution in [0.5, 0.6) is 0 Å². The van der Waals surface area contributed by atoms with E-state index in [4.69, 9.17) is 5.11 Å². The van der Waals surface area contributed by atoms with Crippen LogP contribution in [0, 0.1) is 0 Å². The summed E-state index contributed by atoms with van der Waals surface area (Å²) in [6, 6.07) is -0.190. The second kappa shape index (κ2) is 2.88. The quantitative estimate of drug-likeness (QED) is 0.492. The fourth-order valence-corrected chi connectivity index (χ4v) is 1.13. The summed E-state index contributed by atoms with van der Waals surface area (Å²) in [5.41, 5.74) is 0. The lowest BCUT2D eigenvalue weighted by atomic mass is 10.4. The monoisotopic (exact) mass is 144 g/mol. The lowest BCUT2D eigenvalue weighted by molar-refractivity contribution is 0.0622. The van der Waals surface area contributed by atoms with Crippen LogP contribution in [0.3, 0.4) is 0 Å². The van der Waals surface area contributed by atoms with E-state index < -0.39 is 6.23 Å². The van der Waals surface area contributed by atoms with Gasteiger partial charge in [0, 0.05) is 13.6 Å². The molecule has 1 aliphatic heterocycles. The van der Waals surface area contributed by atoms with Gasteiger partial charge < -0.3 is 10.4 Å². The Morgan fingerprint density at radius 3 is 2.90 bits per heavy atom. The standard InChI is InChI=1S/C6H12N2O2/c1-7-6(10)8-4-2-3-5(8)9/h5,9H,2-4H2,1H3,(H,7,10). The number of carbonyl (C=O) groups is 1. The molecule has 1 aliphatic rings. The van der Waals surface area contributed by atoms with Gasteiger partial charge in [0.05, 0.1) is 0 Å². The summed E-state index contributed by atoms with van der Waals surface area (Å²) in [6.07, 6.45) is 1.03. The Morgan fingerprint density at radius 1 is 1.80 bits per heavy atom. The largest absolute Gasteiger partial charge is 0.373 e. The van der Waals surface area contributed by atoms with Gasteiger partial charge in [-0.3, -0.25) is 4.90 Å². The van der Waals surface area contributed by atoms with Gasteiger partial charge in [-0.15, -0.1) is 0 Å². The summed E-state index contributed by atoms with van der Waals surface area (Å²) >= 11 is 0. The van der Waals surface area contributed by atoms with Crippen molar-refractivity contribution in [3.8, 4) is 0 Å². The van der Waals surface area contributed by atoms with E-state index in [1.54, 1.807) is 7.05 Å². The Bertz CT molecular complexity index is 138. The second-order valence-electron chi connectivity index (χ2n) is 2.37. The highest BCUT2D eigenvalue weighted by molar-refractivity contribution is 5.74. The van der Waals surface area contributed by atoms with E-state index >= 15 is 0 Å². The summed E-state index contributed by atoms with van der Waals surface area (Å²) in [5.74, 6) is 0. The van der Waals surface area contributed by atoms with Gasteiger partial charge in [0.15, 0.2) is 0 Å². The topological polar surface area (TPSA) is 52.6 Å². The Hall–Kier alpha value is -0.770. The molecule has 0 aliphatic carbocycles. The molecule has 0 radical (unpaired) electrons. The molecule has 0 aromatic rings. The average molecular weight is 144 g/mol. The fraction of sp³-hybridized carbons (Fsp3) is 0.833. The molecule has 1 saturated heterocycles. The number of nitrogens with one attached hydrogen (secondary N) is 1. The predicted octanol–water partition coefficient (Wildman–Crippen LogP) is -0.260. The number of aliphatic hydroxyl groups is 1. The van der Waals surface area contributed by atoms with Gasteiger partial charge in [-0.25, -0.2) is 4.79 Å². The van der Waals surface area contributed by atoms with Crippen molar-refractivity contribution in [1.29, 1.82) is 0 Å². The van der Waals surface area contributed by atoms with Crippen molar-refractivity contribution >= 4 is 6.03 Å². The van der Waals surface area contributed by atoms with Gasteiger partial charge in [-0.1, -0.05) is 0 Å². The zero-order chi connectivity index (χ0) is 7.56. The lowest BCUT2D eigenvalue weighted by Gasteiger charge is -2.18. The van der Waals surface area contributed by atoms with Crippen LogP contribution < -0.4 is 5.32 Å². The maximum atomic E-state index is 10.9. The van der Waals surface area contributed by atoms with Crippen molar-refractivity contribution in [3.05, 3.63) is 0 Å². The van der Waals surface area contributed by atoms with Crippen LogP contribution >= 0.6 is 0 Å². The molecule has 1 atom stereocenters. The molecule has 0 aromatic heterocycles. The molecule has 58 valence electrons. The third-order valence-electron chi connectivity index (χ3n) is 1.70. The van der Waals surface area contributed by atoms with E-state index in [0.717, 1.165) is 6.42 Å². The Morgan fingerprint density at radius 2 is 2.50 bits per heavy atom. The van der Waals surface area contributed by atoms with Crippen LogP contribution in [0.4, 0.5) is 4.79 Å². The number of aliphatic hydroxyl groups excluding tert-OH is 1. The number of nitrogens with zero attached hydrogens (tertiary/aromatic N) is 1. The molecule has 4 nitrogen and oxygen atoms in total. The van der Waals surface area contributed by atoms with Crippen molar-refractivity contribution in [2.45, 2.75) is 19.1 Å². The van der Waals surface area contributed by atoms with E-state index in [1.807, 2.05) is 0 Å². The molecule has 0 aromatic carbocycles. The summed E-state index contributed by atoms with van der Waals surface area (Å²) in [4.78, 5) is 12.3. The van der Waals surface area contributed by atoms with E-state index in [1.165, 1.54) is 4.90 Å². The van der Waals surface area contributed by atoms with E-state index in [2.05, 4.69) is 5.32 Å². The molecule has 1 rings (SSSR count). The van der Waals surface area contributed by atoms with Crippen LogP contribution in [-0.4, -0.2) is 35.9 Å². The molecule has 0 bridgehead atoms. The number of hydrogen-bond acceptors (Lipinski definition) is 2. The minimum Gasteiger partial charge on any atom is -0.373 e. The third kappa shape index (κ3) is 1.21.